The number of aromatic nitrogens is 1. The fourth-order valence-corrected chi connectivity index (χ4v) is 1.83. The Morgan fingerprint density at radius 1 is 1.31 bits per heavy atom. The number of benzene rings is 1. The minimum atomic E-state index is 0.399. The van der Waals surface area contributed by atoms with Gasteiger partial charge in [0.25, 0.3) is 0 Å². The molecule has 0 aliphatic rings. The number of nitrogens with one attached hydrogen (secondary N) is 1. The van der Waals surface area contributed by atoms with Gasteiger partial charge in [-0.1, -0.05) is 32.0 Å². The number of hydrogen-bond donors (Lipinski definition) is 2. The molecule has 3 nitrogen and oxygen atoms in total. The van der Waals surface area contributed by atoms with Crippen molar-refractivity contribution < 1.29 is 0 Å². The lowest BCUT2D eigenvalue weighted by Crippen LogP contribution is -2.09. The largest absolute Gasteiger partial charge is 0.323 e. The number of nitrogens with two attached hydrogens (primary N) is 1. The van der Waals surface area contributed by atoms with Crippen LogP contribution in [0.5, 0.6) is 0 Å². The third-order valence-corrected chi connectivity index (χ3v) is 2.81. The highest BCUT2D eigenvalue weighted by atomic mass is 15.2. The molecule has 3 heteroatoms. The summed E-state index contributed by atoms with van der Waals surface area (Å²) in [6, 6.07) is 8.15. The Kier molecular flexibility index (Phi) is 2.79. The van der Waals surface area contributed by atoms with Crippen LogP contribution in [0.1, 0.15) is 31.0 Å². The molecular formula is C13H17N3. The molecule has 0 radical (unpaired) electrons. The topological polar surface area (TPSA) is 50.9 Å². The quantitative estimate of drug-likeness (QED) is 0.598. The van der Waals surface area contributed by atoms with Crippen LogP contribution in [0, 0.1) is 6.92 Å². The molecule has 1 heterocycles. The summed E-state index contributed by atoms with van der Waals surface area (Å²) in [5.74, 6) is 5.96. The Hall–Kier alpha value is -1.61. The van der Waals surface area contributed by atoms with Crippen LogP contribution in [-0.2, 0) is 0 Å². The predicted molar refractivity (Wildman–Crippen MR) is 68.4 cm³/mol. The highest BCUT2D eigenvalue weighted by Crippen LogP contribution is 2.27. The van der Waals surface area contributed by atoms with Crippen molar-refractivity contribution in [2.45, 2.75) is 26.7 Å². The van der Waals surface area contributed by atoms with E-state index in [-0.39, 0.29) is 0 Å². The minimum Gasteiger partial charge on any atom is -0.323 e. The molecule has 0 atom stereocenters. The lowest BCUT2D eigenvalue weighted by molar-refractivity contribution is 0.830. The van der Waals surface area contributed by atoms with Gasteiger partial charge in [-0.2, -0.15) is 0 Å². The Morgan fingerprint density at radius 2 is 2.06 bits per heavy atom. The molecule has 0 fully saturated rings. The zero-order chi connectivity index (χ0) is 11.7. The third kappa shape index (κ3) is 1.74. The average Bonchev–Trinajstić information content (AvgIpc) is 2.28. The van der Waals surface area contributed by atoms with Gasteiger partial charge in [0, 0.05) is 11.1 Å². The van der Waals surface area contributed by atoms with Gasteiger partial charge < -0.3 is 5.43 Å². The van der Waals surface area contributed by atoms with Crippen molar-refractivity contribution in [1.29, 1.82) is 0 Å². The standard InChI is InChI=1S/C13H17N3/c1-8(2)11-7-12(16-14)10-6-4-5-9(3)13(10)15-11/h4-8H,14H2,1-3H3,(H,15,16). The second kappa shape index (κ2) is 4.10. The summed E-state index contributed by atoms with van der Waals surface area (Å²) in [6.45, 7) is 6.33. The molecule has 16 heavy (non-hydrogen) atoms. The van der Waals surface area contributed by atoms with Crippen molar-refractivity contribution in [1.82, 2.24) is 4.98 Å². The van der Waals surface area contributed by atoms with E-state index >= 15 is 0 Å². The van der Waals surface area contributed by atoms with Crippen LogP contribution >= 0.6 is 0 Å². The maximum atomic E-state index is 5.56. The monoisotopic (exact) mass is 215 g/mol. The van der Waals surface area contributed by atoms with Crippen LogP contribution in [-0.4, -0.2) is 4.98 Å². The van der Waals surface area contributed by atoms with Crippen LogP contribution in [0.25, 0.3) is 10.9 Å². The van der Waals surface area contributed by atoms with E-state index in [1.54, 1.807) is 0 Å². The second-order valence-corrected chi connectivity index (χ2v) is 4.36. The molecule has 1 aromatic carbocycles. The van der Waals surface area contributed by atoms with Crippen molar-refractivity contribution in [2.24, 2.45) is 5.84 Å². The summed E-state index contributed by atoms with van der Waals surface area (Å²) in [5.41, 5.74) is 6.97. The zero-order valence-corrected chi connectivity index (χ0v) is 9.91. The Bertz CT molecular complexity index is 518. The van der Waals surface area contributed by atoms with E-state index in [2.05, 4.69) is 37.2 Å². The summed E-state index contributed by atoms with van der Waals surface area (Å²) in [5, 5.41) is 1.08. The normalized spacial score (nSPS) is 11.1. The van der Waals surface area contributed by atoms with E-state index in [9.17, 15) is 0 Å². The average molecular weight is 215 g/mol. The van der Waals surface area contributed by atoms with E-state index < -0.39 is 0 Å². The number of pyridine rings is 1. The fourth-order valence-electron chi connectivity index (χ4n) is 1.83. The fraction of sp³-hybridized carbons (Fsp3) is 0.308. The molecule has 0 aliphatic heterocycles. The number of nitrogens with zero attached hydrogens (tertiary/aromatic N) is 1. The molecule has 2 aromatic rings. The molecule has 0 unspecified atom stereocenters. The van der Waals surface area contributed by atoms with E-state index in [1.165, 1.54) is 5.56 Å². The van der Waals surface area contributed by atoms with Gasteiger partial charge in [-0.05, 0) is 24.5 Å². The number of fused-ring (bicyclic) bond motifs is 1. The number of hydrazine groups is 1. The van der Waals surface area contributed by atoms with Gasteiger partial charge in [0.2, 0.25) is 0 Å². The van der Waals surface area contributed by atoms with Gasteiger partial charge in [0.05, 0.1) is 11.2 Å². The van der Waals surface area contributed by atoms with Crippen molar-refractivity contribution >= 4 is 16.6 Å². The Labute approximate surface area is 95.7 Å². The second-order valence-electron chi connectivity index (χ2n) is 4.36. The molecule has 2 rings (SSSR count). The van der Waals surface area contributed by atoms with Crippen LogP contribution in [0.15, 0.2) is 24.3 Å². The van der Waals surface area contributed by atoms with E-state index in [0.717, 1.165) is 22.3 Å². The lowest BCUT2D eigenvalue weighted by Gasteiger charge is -2.12. The first-order valence-electron chi connectivity index (χ1n) is 5.50. The summed E-state index contributed by atoms with van der Waals surface area (Å²) >= 11 is 0. The van der Waals surface area contributed by atoms with Gasteiger partial charge in [0.1, 0.15) is 0 Å². The third-order valence-electron chi connectivity index (χ3n) is 2.81. The van der Waals surface area contributed by atoms with Crippen LogP contribution < -0.4 is 11.3 Å². The molecule has 0 saturated heterocycles. The first kappa shape index (κ1) is 10.9. The number of para-hydroxylation sites is 1. The van der Waals surface area contributed by atoms with Gasteiger partial charge in [-0.3, -0.25) is 10.8 Å². The van der Waals surface area contributed by atoms with Gasteiger partial charge in [-0.15, -0.1) is 0 Å². The molecule has 1 aromatic heterocycles. The molecule has 0 bridgehead atoms. The van der Waals surface area contributed by atoms with Crippen molar-refractivity contribution in [3.8, 4) is 0 Å². The Morgan fingerprint density at radius 3 is 2.69 bits per heavy atom. The minimum absolute atomic E-state index is 0.399. The summed E-state index contributed by atoms with van der Waals surface area (Å²) < 4.78 is 0. The van der Waals surface area contributed by atoms with E-state index in [4.69, 9.17) is 5.84 Å². The SMILES string of the molecule is Cc1cccc2c(NN)cc(C(C)C)nc12. The first-order chi connectivity index (χ1) is 7.63. The smallest absolute Gasteiger partial charge is 0.0755 e. The number of anilines is 1. The van der Waals surface area contributed by atoms with E-state index in [1.807, 2.05) is 18.2 Å². The van der Waals surface area contributed by atoms with Crippen molar-refractivity contribution in [3.05, 3.63) is 35.5 Å². The van der Waals surface area contributed by atoms with Crippen LogP contribution in [0.2, 0.25) is 0 Å². The Balaban J connectivity index is 2.79. The van der Waals surface area contributed by atoms with Crippen molar-refractivity contribution in [3.63, 3.8) is 0 Å². The molecule has 0 saturated carbocycles. The number of hydrogen-bond acceptors (Lipinski definition) is 3. The summed E-state index contributed by atoms with van der Waals surface area (Å²) in [6.07, 6.45) is 0. The molecule has 0 amide bonds. The number of aryl methyl sites for hydroxylation is 1. The molecule has 84 valence electrons. The number of rotatable bonds is 2. The summed E-state index contributed by atoms with van der Waals surface area (Å²) in [4.78, 5) is 4.69. The molecule has 0 spiro atoms. The predicted octanol–water partition coefficient (Wildman–Crippen LogP) is 2.95. The van der Waals surface area contributed by atoms with E-state index in [0.29, 0.717) is 5.92 Å². The van der Waals surface area contributed by atoms with Crippen LogP contribution in [0.3, 0.4) is 0 Å². The van der Waals surface area contributed by atoms with Gasteiger partial charge >= 0.3 is 0 Å². The molecule has 0 aliphatic carbocycles. The number of nitrogen functional groups attached to an aromatic ring is 1. The highest BCUT2D eigenvalue weighted by Gasteiger charge is 2.08. The first-order valence-corrected chi connectivity index (χ1v) is 5.50. The van der Waals surface area contributed by atoms with Gasteiger partial charge in [0.15, 0.2) is 0 Å². The highest BCUT2D eigenvalue weighted by molar-refractivity contribution is 5.93. The maximum absolute atomic E-state index is 5.56. The van der Waals surface area contributed by atoms with Crippen molar-refractivity contribution in [2.75, 3.05) is 5.43 Å². The van der Waals surface area contributed by atoms with Gasteiger partial charge in [-0.25, -0.2) is 0 Å². The lowest BCUT2D eigenvalue weighted by atomic mass is 10.0. The molecule has 3 N–H and O–H groups in total. The molecular weight excluding hydrogens is 198 g/mol. The van der Waals surface area contributed by atoms with Crippen LogP contribution in [0.4, 0.5) is 5.69 Å². The zero-order valence-electron chi connectivity index (χ0n) is 9.91. The maximum Gasteiger partial charge on any atom is 0.0755 e. The summed E-state index contributed by atoms with van der Waals surface area (Å²) in [7, 11) is 0.